The van der Waals surface area contributed by atoms with Gasteiger partial charge in [-0.3, -0.25) is 4.90 Å². The minimum absolute atomic E-state index is 0.0569. The highest BCUT2D eigenvalue weighted by molar-refractivity contribution is 7.15. The summed E-state index contributed by atoms with van der Waals surface area (Å²) in [7, 11) is 3.79. The van der Waals surface area contributed by atoms with E-state index in [0.717, 1.165) is 42.0 Å². The molecular weight excluding hydrogens is 422 g/mol. The van der Waals surface area contributed by atoms with E-state index < -0.39 is 0 Å². The third-order valence-electron chi connectivity index (χ3n) is 5.78. The number of methoxy groups -OCH3 is 1. The molecule has 1 aliphatic rings. The second-order valence-corrected chi connectivity index (χ2v) is 9.33. The summed E-state index contributed by atoms with van der Waals surface area (Å²) in [6.45, 7) is 5.32. The van der Waals surface area contributed by atoms with Crippen molar-refractivity contribution in [3.63, 3.8) is 0 Å². The maximum atomic E-state index is 6.10. The number of ether oxygens (including phenoxy) is 2. The van der Waals surface area contributed by atoms with E-state index >= 15 is 0 Å². The topological polar surface area (TPSA) is 64.4 Å². The molecule has 0 saturated carbocycles. The monoisotopic (exact) mass is 449 g/mol. The Bertz CT molecular complexity index is 1230. The quantitative estimate of drug-likeness (QED) is 0.462. The highest BCUT2D eigenvalue weighted by Crippen LogP contribution is 2.29. The number of thiazole rings is 1. The van der Waals surface area contributed by atoms with E-state index in [2.05, 4.69) is 45.1 Å². The van der Waals surface area contributed by atoms with E-state index in [0.29, 0.717) is 6.61 Å². The number of rotatable bonds is 6. The van der Waals surface area contributed by atoms with Crippen LogP contribution in [0.4, 0.5) is 10.9 Å². The minimum atomic E-state index is -0.0569. The van der Waals surface area contributed by atoms with Crippen LogP contribution in [0, 0.1) is 6.92 Å². The van der Waals surface area contributed by atoms with Crippen LogP contribution in [0.3, 0.4) is 0 Å². The predicted molar refractivity (Wildman–Crippen MR) is 128 cm³/mol. The number of aromatic nitrogens is 3. The Morgan fingerprint density at radius 2 is 2.19 bits per heavy atom. The van der Waals surface area contributed by atoms with Crippen LogP contribution >= 0.6 is 11.3 Å². The summed E-state index contributed by atoms with van der Waals surface area (Å²) in [6.07, 6.45) is 4.02. The molecule has 8 heteroatoms. The summed E-state index contributed by atoms with van der Waals surface area (Å²) in [5.41, 5.74) is 3.44. The van der Waals surface area contributed by atoms with Crippen molar-refractivity contribution in [3.05, 3.63) is 64.9 Å². The van der Waals surface area contributed by atoms with Gasteiger partial charge in [0.2, 0.25) is 0 Å². The average Bonchev–Trinajstić information content (AvgIpc) is 3.36. The van der Waals surface area contributed by atoms with Crippen LogP contribution in [0.5, 0.6) is 5.75 Å². The molecule has 1 N–H and O–H groups in total. The number of aryl methyl sites for hydroxylation is 2. The van der Waals surface area contributed by atoms with Crippen molar-refractivity contribution in [3.8, 4) is 5.75 Å². The molecule has 3 aromatic heterocycles. The lowest BCUT2D eigenvalue weighted by molar-refractivity contribution is -0.0348. The zero-order chi connectivity index (χ0) is 22.1. The van der Waals surface area contributed by atoms with Gasteiger partial charge in [-0.1, -0.05) is 6.07 Å². The first-order chi connectivity index (χ1) is 15.6. The number of benzene rings is 1. The summed E-state index contributed by atoms with van der Waals surface area (Å²) in [6, 6.07) is 12.3. The van der Waals surface area contributed by atoms with Crippen LogP contribution in [0.1, 0.15) is 22.2 Å². The van der Waals surface area contributed by atoms with Crippen LogP contribution in [0.15, 0.2) is 48.8 Å². The van der Waals surface area contributed by atoms with Gasteiger partial charge in [0, 0.05) is 55.4 Å². The van der Waals surface area contributed by atoms with E-state index in [1.165, 1.54) is 21.3 Å². The first-order valence-electron chi connectivity index (χ1n) is 10.7. The highest BCUT2D eigenvalue weighted by atomic mass is 32.1. The van der Waals surface area contributed by atoms with Crippen LogP contribution in [-0.4, -0.2) is 46.2 Å². The molecule has 4 heterocycles. The molecule has 0 spiro atoms. The molecule has 1 unspecified atom stereocenters. The number of morpholine rings is 1. The number of fused-ring (bicyclic) bond motifs is 1. The molecule has 1 saturated heterocycles. The average molecular weight is 450 g/mol. The fourth-order valence-corrected chi connectivity index (χ4v) is 4.86. The maximum Gasteiger partial charge on any atom is 0.188 e. The predicted octanol–water partition coefficient (Wildman–Crippen LogP) is 4.66. The summed E-state index contributed by atoms with van der Waals surface area (Å²) >= 11 is 1.62. The van der Waals surface area contributed by atoms with Crippen LogP contribution in [0.25, 0.3) is 10.9 Å². The molecule has 0 bridgehead atoms. The van der Waals surface area contributed by atoms with Crippen molar-refractivity contribution >= 4 is 33.2 Å². The molecule has 0 aliphatic carbocycles. The standard InChI is InChI=1S/C24H27N5O2S/c1-16-12-25-24(32-16)27-23-6-4-5-20(26-23)22-15-29(9-10-31-22)14-17-13-28(2)21-11-18(30-3)7-8-19(17)21/h4-8,11-13,22H,9-10,14-15H2,1-3H3,(H,25,26,27). The van der Waals surface area contributed by atoms with Gasteiger partial charge in [0.05, 0.1) is 24.9 Å². The molecule has 0 amide bonds. The van der Waals surface area contributed by atoms with E-state index in [1.54, 1.807) is 18.4 Å². The van der Waals surface area contributed by atoms with Crippen molar-refractivity contribution in [2.75, 3.05) is 32.1 Å². The van der Waals surface area contributed by atoms with Gasteiger partial charge in [0.1, 0.15) is 17.7 Å². The normalized spacial score (nSPS) is 17.0. The lowest BCUT2D eigenvalue weighted by Crippen LogP contribution is -2.38. The third-order valence-corrected chi connectivity index (χ3v) is 6.61. The lowest BCUT2D eigenvalue weighted by Gasteiger charge is -2.32. The molecule has 1 atom stereocenters. The number of anilines is 2. The molecule has 32 heavy (non-hydrogen) atoms. The Labute approximate surface area is 191 Å². The molecule has 4 aromatic rings. The van der Waals surface area contributed by atoms with Crippen molar-refractivity contribution in [1.29, 1.82) is 0 Å². The first kappa shape index (κ1) is 20.9. The highest BCUT2D eigenvalue weighted by Gasteiger charge is 2.24. The zero-order valence-corrected chi connectivity index (χ0v) is 19.4. The number of pyridine rings is 1. The SMILES string of the molecule is COc1ccc2c(CN3CCOC(c4cccc(Nc5ncc(C)s5)n4)C3)cn(C)c2c1. The summed E-state index contributed by atoms with van der Waals surface area (Å²) < 4.78 is 13.7. The summed E-state index contributed by atoms with van der Waals surface area (Å²) in [5.74, 6) is 1.67. The first-order valence-corrected chi connectivity index (χ1v) is 11.5. The molecule has 5 rings (SSSR count). The lowest BCUT2D eigenvalue weighted by atomic mass is 10.1. The van der Waals surface area contributed by atoms with Gasteiger partial charge in [-0.05, 0) is 36.8 Å². The summed E-state index contributed by atoms with van der Waals surface area (Å²) in [4.78, 5) is 12.8. The Kier molecular flexibility index (Phi) is 5.82. The van der Waals surface area contributed by atoms with Crippen LogP contribution in [-0.2, 0) is 18.3 Å². The van der Waals surface area contributed by atoms with Gasteiger partial charge in [-0.2, -0.15) is 0 Å². The summed E-state index contributed by atoms with van der Waals surface area (Å²) in [5, 5.41) is 5.42. The second-order valence-electron chi connectivity index (χ2n) is 8.09. The molecule has 166 valence electrons. The number of nitrogens with one attached hydrogen (secondary N) is 1. The Morgan fingerprint density at radius 3 is 3.00 bits per heavy atom. The maximum absolute atomic E-state index is 6.10. The molecule has 7 nitrogen and oxygen atoms in total. The van der Waals surface area contributed by atoms with Crippen LogP contribution < -0.4 is 10.1 Å². The third kappa shape index (κ3) is 4.34. The molecule has 1 aliphatic heterocycles. The molecule has 0 radical (unpaired) electrons. The zero-order valence-electron chi connectivity index (χ0n) is 18.5. The van der Waals surface area contributed by atoms with Crippen LogP contribution in [0.2, 0.25) is 0 Å². The fourth-order valence-electron chi connectivity index (χ4n) is 4.19. The van der Waals surface area contributed by atoms with Gasteiger partial charge in [0.15, 0.2) is 5.13 Å². The van der Waals surface area contributed by atoms with E-state index in [9.17, 15) is 0 Å². The fraction of sp³-hybridized carbons (Fsp3) is 0.333. The van der Waals surface area contributed by atoms with E-state index in [4.69, 9.17) is 14.5 Å². The molecule has 1 aromatic carbocycles. The Hall–Kier alpha value is -2.94. The largest absolute Gasteiger partial charge is 0.497 e. The smallest absolute Gasteiger partial charge is 0.188 e. The van der Waals surface area contributed by atoms with Gasteiger partial charge in [-0.25, -0.2) is 9.97 Å². The van der Waals surface area contributed by atoms with Gasteiger partial charge < -0.3 is 19.4 Å². The number of hydrogen-bond acceptors (Lipinski definition) is 7. The molecular formula is C24H27N5O2S. The van der Waals surface area contributed by atoms with Gasteiger partial charge in [0.25, 0.3) is 0 Å². The Morgan fingerprint density at radius 1 is 1.28 bits per heavy atom. The van der Waals surface area contributed by atoms with Crippen molar-refractivity contribution in [2.45, 2.75) is 19.6 Å². The van der Waals surface area contributed by atoms with Crippen molar-refractivity contribution < 1.29 is 9.47 Å². The Balaban J connectivity index is 1.31. The van der Waals surface area contributed by atoms with E-state index in [-0.39, 0.29) is 6.10 Å². The van der Waals surface area contributed by atoms with E-state index in [1.807, 2.05) is 37.4 Å². The second kappa shape index (κ2) is 8.90. The number of hydrogen-bond donors (Lipinski definition) is 1. The molecule has 1 fully saturated rings. The van der Waals surface area contributed by atoms with Crippen molar-refractivity contribution in [1.82, 2.24) is 19.4 Å². The van der Waals surface area contributed by atoms with Crippen molar-refractivity contribution in [2.24, 2.45) is 7.05 Å². The van der Waals surface area contributed by atoms with Gasteiger partial charge in [-0.15, -0.1) is 11.3 Å². The minimum Gasteiger partial charge on any atom is -0.497 e. The van der Waals surface area contributed by atoms with Gasteiger partial charge >= 0.3 is 0 Å². The number of nitrogens with zero attached hydrogens (tertiary/aromatic N) is 4.